The fourth-order valence-corrected chi connectivity index (χ4v) is 3.58. The van der Waals surface area contributed by atoms with Crippen LogP contribution in [0.5, 0.6) is 0 Å². The highest BCUT2D eigenvalue weighted by molar-refractivity contribution is 5.34. The van der Waals surface area contributed by atoms with Gasteiger partial charge < -0.3 is 10.1 Å². The molecular formula is C19H27NO. The van der Waals surface area contributed by atoms with Crippen molar-refractivity contribution in [2.75, 3.05) is 13.2 Å². The molecule has 0 radical (unpaired) electrons. The van der Waals surface area contributed by atoms with E-state index in [1.54, 1.807) is 5.57 Å². The molecule has 0 aromatic heterocycles. The summed E-state index contributed by atoms with van der Waals surface area (Å²) in [6.45, 7) is 4.14. The van der Waals surface area contributed by atoms with Crippen molar-refractivity contribution in [3.63, 3.8) is 0 Å². The maximum Gasteiger partial charge on any atom is 0.102 e. The van der Waals surface area contributed by atoms with Crippen molar-refractivity contribution in [1.29, 1.82) is 0 Å². The van der Waals surface area contributed by atoms with E-state index in [1.165, 1.54) is 36.8 Å². The van der Waals surface area contributed by atoms with Crippen LogP contribution in [0.25, 0.3) is 0 Å². The van der Waals surface area contributed by atoms with Crippen molar-refractivity contribution in [3.8, 4) is 0 Å². The number of hydrogen-bond acceptors (Lipinski definition) is 2. The third-order valence-electron chi connectivity index (χ3n) is 4.67. The first kappa shape index (κ1) is 14.8. The molecule has 3 rings (SSSR count). The summed E-state index contributed by atoms with van der Waals surface area (Å²) in [5, 5.41) is 3.76. The highest BCUT2D eigenvalue weighted by Crippen LogP contribution is 2.35. The summed E-state index contributed by atoms with van der Waals surface area (Å²) in [7, 11) is 0. The third kappa shape index (κ3) is 3.38. The van der Waals surface area contributed by atoms with Gasteiger partial charge in [-0.05, 0) is 56.2 Å². The Morgan fingerprint density at radius 1 is 1.24 bits per heavy atom. The van der Waals surface area contributed by atoms with Gasteiger partial charge in [0.25, 0.3) is 0 Å². The van der Waals surface area contributed by atoms with Crippen LogP contribution in [0.15, 0.2) is 35.9 Å². The topological polar surface area (TPSA) is 21.3 Å². The molecule has 2 aliphatic rings. The highest BCUT2D eigenvalue weighted by atomic mass is 16.5. The predicted octanol–water partition coefficient (Wildman–Crippen LogP) is 4.17. The summed E-state index contributed by atoms with van der Waals surface area (Å²) < 4.78 is 6.21. The molecule has 0 amide bonds. The van der Waals surface area contributed by atoms with Crippen LogP contribution in [-0.2, 0) is 11.2 Å². The largest absolute Gasteiger partial charge is 0.371 e. The predicted molar refractivity (Wildman–Crippen MR) is 87.5 cm³/mol. The van der Waals surface area contributed by atoms with Gasteiger partial charge in [0.15, 0.2) is 0 Å². The average Bonchev–Trinajstić information content (AvgIpc) is 2.56. The molecule has 1 aliphatic heterocycles. The smallest absolute Gasteiger partial charge is 0.102 e. The van der Waals surface area contributed by atoms with Crippen LogP contribution in [0, 0.1) is 0 Å². The van der Waals surface area contributed by atoms with E-state index >= 15 is 0 Å². The Bertz CT molecular complexity index is 494. The minimum atomic E-state index is 0.186. The molecule has 1 aromatic rings. The lowest BCUT2D eigenvalue weighted by Crippen LogP contribution is -2.40. The van der Waals surface area contributed by atoms with Crippen molar-refractivity contribution in [3.05, 3.63) is 47.0 Å². The maximum absolute atomic E-state index is 6.21. The van der Waals surface area contributed by atoms with Gasteiger partial charge in [-0.15, -0.1) is 0 Å². The van der Waals surface area contributed by atoms with Gasteiger partial charge in [-0.1, -0.05) is 42.8 Å². The van der Waals surface area contributed by atoms with E-state index < -0.39 is 0 Å². The van der Waals surface area contributed by atoms with E-state index in [9.17, 15) is 0 Å². The number of ether oxygens (including phenoxy) is 1. The molecule has 2 atom stereocenters. The summed E-state index contributed by atoms with van der Waals surface area (Å²) in [6, 6.07) is 9.16. The molecule has 1 aliphatic carbocycles. The van der Waals surface area contributed by atoms with Crippen LogP contribution in [0.3, 0.4) is 0 Å². The van der Waals surface area contributed by atoms with E-state index in [4.69, 9.17) is 4.74 Å². The third-order valence-corrected chi connectivity index (χ3v) is 4.67. The second-order valence-electron chi connectivity index (χ2n) is 6.20. The summed E-state index contributed by atoms with van der Waals surface area (Å²) >= 11 is 0. The van der Waals surface area contributed by atoms with Gasteiger partial charge in [0, 0.05) is 0 Å². The quantitative estimate of drug-likeness (QED) is 0.820. The van der Waals surface area contributed by atoms with Crippen LogP contribution in [0.4, 0.5) is 0 Å². The first-order chi connectivity index (χ1) is 10.4. The molecule has 1 N–H and O–H groups in total. The molecule has 21 heavy (non-hydrogen) atoms. The molecule has 2 nitrogen and oxygen atoms in total. The summed E-state index contributed by atoms with van der Waals surface area (Å²) in [6.07, 6.45) is 9.97. The van der Waals surface area contributed by atoms with E-state index in [-0.39, 0.29) is 6.10 Å². The van der Waals surface area contributed by atoms with Gasteiger partial charge in [0.05, 0.1) is 12.6 Å². The SMILES string of the molecule is CCCNC(C1=CCCCC1)C1OCCc2ccccc21. The Morgan fingerprint density at radius 2 is 2.14 bits per heavy atom. The highest BCUT2D eigenvalue weighted by Gasteiger charge is 2.30. The van der Waals surface area contributed by atoms with Crippen LogP contribution < -0.4 is 5.32 Å². The van der Waals surface area contributed by atoms with Gasteiger partial charge in [0.1, 0.15) is 6.10 Å². The molecule has 2 heteroatoms. The number of hydrogen-bond donors (Lipinski definition) is 1. The first-order valence-electron chi connectivity index (χ1n) is 8.52. The van der Waals surface area contributed by atoms with Crippen molar-refractivity contribution in [1.82, 2.24) is 5.32 Å². The summed E-state index contributed by atoms with van der Waals surface area (Å²) in [4.78, 5) is 0. The van der Waals surface area contributed by atoms with E-state index in [2.05, 4.69) is 42.6 Å². The lowest BCUT2D eigenvalue weighted by molar-refractivity contribution is 0.0228. The molecule has 0 fully saturated rings. The molecule has 1 heterocycles. The summed E-state index contributed by atoms with van der Waals surface area (Å²) in [5.74, 6) is 0. The monoisotopic (exact) mass is 285 g/mol. The lowest BCUT2D eigenvalue weighted by Gasteiger charge is -2.35. The number of fused-ring (bicyclic) bond motifs is 1. The maximum atomic E-state index is 6.21. The van der Waals surface area contributed by atoms with Crippen LogP contribution in [0.2, 0.25) is 0 Å². The number of rotatable bonds is 5. The zero-order chi connectivity index (χ0) is 14.5. The molecular weight excluding hydrogens is 258 g/mol. The fourth-order valence-electron chi connectivity index (χ4n) is 3.58. The van der Waals surface area contributed by atoms with E-state index in [0.29, 0.717) is 6.04 Å². The Labute approximate surface area is 128 Å². The number of benzene rings is 1. The molecule has 0 bridgehead atoms. The van der Waals surface area contributed by atoms with Crippen molar-refractivity contribution in [2.24, 2.45) is 0 Å². The van der Waals surface area contributed by atoms with Crippen molar-refractivity contribution in [2.45, 2.75) is 57.6 Å². The van der Waals surface area contributed by atoms with Crippen LogP contribution >= 0.6 is 0 Å². The lowest BCUT2D eigenvalue weighted by atomic mass is 9.85. The minimum absolute atomic E-state index is 0.186. The first-order valence-corrected chi connectivity index (χ1v) is 8.52. The van der Waals surface area contributed by atoms with Crippen molar-refractivity contribution < 1.29 is 4.74 Å². The Kier molecular flexibility index (Phi) is 5.10. The number of allylic oxidation sites excluding steroid dienone is 1. The Balaban J connectivity index is 1.87. The fraction of sp³-hybridized carbons (Fsp3) is 0.579. The van der Waals surface area contributed by atoms with Crippen LogP contribution in [-0.4, -0.2) is 19.2 Å². The van der Waals surface area contributed by atoms with Gasteiger partial charge >= 0.3 is 0 Å². The van der Waals surface area contributed by atoms with Crippen molar-refractivity contribution >= 4 is 0 Å². The molecule has 0 saturated carbocycles. The normalized spacial score (nSPS) is 23.3. The number of nitrogens with one attached hydrogen (secondary N) is 1. The summed E-state index contributed by atoms with van der Waals surface area (Å²) in [5.41, 5.74) is 4.42. The van der Waals surface area contributed by atoms with Gasteiger partial charge in [0.2, 0.25) is 0 Å². The van der Waals surface area contributed by atoms with E-state index in [1.807, 2.05) is 0 Å². The second kappa shape index (κ2) is 7.24. The average molecular weight is 285 g/mol. The standard InChI is InChI=1S/C19H27NO/c1-2-13-20-18(16-9-4-3-5-10-16)19-17-11-7-6-8-15(17)12-14-21-19/h6-9,11,18-20H,2-5,10,12-14H2,1H3. The zero-order valence-corrected chi connectivity index (χ0v) is 13.1. The van der Waals surface area contributed by atoms with Gasteiger partial charge in [-0.3, -0.25) is 0 Å². The van der Waals surface area contributed by atoms with Gasteiger partial charge in [-0.2, -0.15) is 0 Å². The van der Waals surface area contributed by atoms with Gasteiger partial charge in [-0.25, -0.2) is 0 Å². The second-order valence-corrected chi connectivity index (χ2v) is 6.20. The minimum Gasteiger partial charge on any atom is -0.371 e. The Morgan fingerprint density at radius 3 is 2.95 bits per heavy atom. The molecule has 2 unspecified atom stereocenters. The molecule has 1 aromatic carbocycles. The van der Waals surface area contributed by atoms with Crippen LogP contribution in [0.1, 0.15) is 56.3 Å². The zero-order valence-electron chi connectivity index (χ0n) is 13.1. The van der Waals surface area contributed by atoms with E-state index in [0.717, 1.165) is 26.0 Å². The molecule has 114 valence electrons. The molecule has 0 saturated heterocycles. The molecule has 0 spiro atoms. The Hall–Kier alpha value is -1.12.